The van der Waals surface area contributed by atoms with Gasteiger partial charge in [0.25, 0.3) is 0 Å². The average molecular weight is 471 g/mol. The lowest BCUT2D eigenvalue weighted by Gasteiger charge is -2.12. The predicted molar refractivity (Wildman–Crippen MR) is 115 cm³/mol. The highest BCUT2D eigenvalue weighted by molar-refractivity contribution is 14.0. The monoisotopic (exact) mass is 471 g/mol. The zero-order valence-corrected chi connectivity index (χ0v) is 17.4. The minimum atomic E-state index is -0.480. The van der Waals surface area contributed by atoms with Crippen LogP contribution in [0, 0.1) is 0 Å². The van der Waals surface area contributed by atoms with Crippen LogP contribution in [0.3, 0.4) is 0 Å². The molecular formula is C18H26IN5O2. The highest BCUT2D eigenvalue weighted by atomic mass is 127. The van der Waals surface area contributed by atoms with Gasteiger partial charge in [-0.3, -0.25) is 5.32 Å². The first-order chi connectivity index (χ1) is 12.2. The van der Waals surface area contributed by atoms with E-state index in [4.69, 9.17) is 0 Å². The lowest BCUT2D eigenvalue weighted by molar-refractivity contribution is 0.187. The molecule has 0 radical (unpaired) electrons. The van der Waals surface area contributed by atoms with Crippen molar-refractivity contribution in [2.24, 2.45) is 4.99 Å². The summed E-state index contributed by atoms with van der Waals surface area (Å²) in [5, 5.41) is 9.17. The average Bonchev–Trinajstić information content (AvgIpc) is 3.14. The van der Waals surface area contributed by atoms with Gasteiger partial charge in [-0.15, -0.1) is 24.0 Å². The molecule has 0 unspecified atom stereocenters. The molecule has 0 bridgehead atoms. The fourth-order valence-corrected chi connectivity index (χ4v) is 2.20. The lowest BCUT2D eigenvalue weighted by Crippen LogP contribution is -2.38. The van der Waals surface area contributed by atoms with Crippen molar-refractivity contribution < 1.29 is 9.53 Å². The number of nitrogens with one attached hydrogen (secondary N) is 3. The van der Waals surface area contributed by atoms with Gasteiger partial charge in [0, 0.05) is 37.7 Å². The zero-order chi connectivity index (χ0) is 17.9. The Balaban J connectivity index is 0.00000338. The molecule has 1 heterocycles. The molecule has 0 atom stereocenters. The fourth-order valence-electron chi connectivity index (χ4n) is 2.20. The molecule has 1 amide bonds. The van der Waals surface area contributed by atoms with Gasteiger partial charge in [-0.25, -0.2) is 9.79 Å². The molecule has 1 aromatic carbocycles. The van der Waals surface area contributed by atoms with Crippen molar-refractivity contribution in [1.82, 2.24) is 15.2 Å². The third-order valence-electron chi connectivity index (χ3n) is 3.48. The summed E-state index contributed by atoms with van der Waals surface area (Å²) >= 11 is 0. The van der Waals surface area contributed by atoms with E-state index in [1.54, 1.807) is 0 Å². The Morgan fingerprint density at radius 3 is 2.46 bits per heavy atom. The van der Waals surface area contributed by atoms with Crippen molar-refractivity contribution >= 4 is 41.7 Å². The van der Waals surface area contributed by atoms with Gasteiger partial charge in [0.15, 0.2) is 5.96 Å². The summed E-state index contributed by atoms with van der Waals surface area (Å²) in [4.78, 5) is 15.7. The number of aromatic nitrogens is 1. The van der Waals surface area contributed by atoms with Gasteiger partial charge in [-0.2, -0.15) is 0 Å². The van der Waals surface area contributed by atoms with Gasteiger partial charge in [-0.1, -0.05) is 12.1 Å². The number of methoxy groups -OCH3 is 1. The van der Waals surface area contributed by atoms with E-state index in [0.29, 0.717) is 12.2 Å². The van der Waals surface area contributed by atoms with Gasteiger partial charge < -0.3 is 19.9 Å². The second-order valence-electron chi connectivity index (χ2n) is 5.36. The number of anilines is 1. The third-order valence-corrected chi connectivity index (χ3v) is 3.48. The number of rotatable bonds is 7. The second-order valence-corrected chi connectivity index (χ2v) is 5.36. The fraction of sp³-hybridized carbons (Fsp3) is 0.333. The number of halogens is 1. The number of nitrogens with zero attached hydrogens (tertiary/aromatic N) is 2. The van der Waals surface area contributed by atoms with Gasteiger partial charge in [0.05, 0.1) is 13.7 Å². The smallest absolute Gasteiger partial charge is 0.411 e. The van der Waals surface area contributed by atoms with E-state index >= 15 is 0 Å². The van der Waals surface area contributed by atoms with Gasteiger partial charge in [0.2, 0.25) is 0 Å². The van der Waals surface area contributed by atoms with Crippen molar-refractivity contribution in [2.45, 2.75) is 20.0 Å². The number of carbonyl (C=O) groups is 1. The maximum atomic E-state index is 11.2. The van der Waals surface area contributed by atoms with Crippen LogP contribution in [-0.4, -0.2) is 36.8 Å². The van der Waals surface area contributed by atoms with E-state index in [1.165, 1.54) is 7.11 Å². The summed E-state index contributed by atoms with van der Waals surface area (Å²) in [5.74, 6) is 0.784. The van der Waals surface area contributed by atoms with E-state index in [-0.39, 0.29) is 24.0 Å². The van der Waals surface area contributed by atoms with Crippen LogP contribution in [0.1, 0.15) is 12.5 Å². The summed E-state index contributed by atoms with van der Waals surface area (Å²) in [6.45, 7) is 5.07. The molecule has 0 saturated carbocycles. The lowest BCUT2D eigenvalue weighted by atomic mass is 10.2. The molecule has 0 aliphatic carbocycles. The zero-order valence-electron chi connectivity index (χ0n) is 15.1. The van der Waals surface area contributed by atoms with Crippen LogP contribution in [-0.2, 0) is 17.8 Å². The molecule has 1 aromatic heterocycles. The predicted octanol–water partition coefficient (Wildman–Crippen LogP) is 3.04. The molecule has 142 valence electrons. The van der Waals surface area contributed by atoms with Crippen molar-refractivity contribution in [2.75, 3.05) is 25.5 Å². The van der Waals surface area contributed by atoms with Gasteiger partial charge in [0.1, 0.15) is 0 Å². The molecule has 8 heteroatoms. The molecule has 0 spiro atoms. The van der Waals surface area contributed by atoms with Crippen LogP contribution in [0.5, 0.6) is 0 Å². The molecule has 2 aromatic rings. The third kappa shape index (κ3) is 7.77. The van der Waals surface area contributed by atoms with Crippen LogP contribution in [0.15, 0.2) is 53.8 Å². The minimum Gasteiger partial charge on any atom is -0.453 e. The van der Waals surface area contributed by atoms with Crippen LogP contribution in [0.25, 0.3) is 0 Å². The number of ether oxygens (including phenoxy) is 1. The Kier molecular flexibility index (Phi) is 10.2. The van der Waals surface area contributed by atoms with E-state index < -0.39 is 6.09 Å². The molecular weight excluding hydrogens is 445 g/mol. The molecule has 0 aliphatic heterocycles. The Bertz CT molecular complexity index is 671. The number of guanidine groups is 1. The Labute approximate surface area is 171 Å². The number of benzene rings is 1. The highest BCUT2D eigenvalue weighted by Gasteiger charge is 2.01. The van der Waals surface area contributed by atoms with Crippen molar-refractivity contribution in [3.63, 3.8) is 0 Å². The van der Waals surface area contributed by atoms with Crippen molar-refractivity contribution in [3.05, 3.63) is 54.4 Å². The molecule has 0 fully saturated rings. The summed E-state index contributed by atoms with van der Waals surface area (Å²) < 4.78 is 6.68. The first kappa shape index (κ1) is 21.8. The van der Waals surface area contributed by atoms with Crippen LogP contribution >= 0.6 is 24.0 Å². The molecule has 26 heavy (non-hydrogen) atoms. The number of aliphatic imine (C=N–C) groups is 1. The standard InChI is InChI=1S/C18H25N5O2.HI/c1-3-19-17(20-10-13-23-11-4-5-12-23)21-14-15-6-8-16(9-7-15)22-18(24)25-2;/h4-9,11-12H,3,10,13-14H2,1-2H3,(H,22,24)(H2,19,20,21);1H. The summed E-state index contributed by atoms with van der Waals surface area (Å²) in [6, 6.07) is 11.5. The van der Waals surface area contributed by atoms with Crippen LogP contribution in [0.2, 0.25) is 0 Å². The summed E-state index contributed by atoms with van der Waals surface area (Å²) in [5.41, 5.74) is 1.74. The van der Waals surface area contributed by atoms with Crippen LogP contribution < -0.4 is 16.0 Å². The molecule has 0 saturated heterocycles. The highest BCUT2D eigenvalue weighted by Crippen LogP contribution is 2.10. The molecule has 3 N–H and O–H groups in total. The van der Waals surface area contributed by atoms with E-state index in [9.17, 15) is 4.79 Å². The Morgan fingerprint density at radius 2 is 1.85 bits per heavy atom. The normalized spacial score (nSPS) is 10.6. The number of amides is 1. The molecule has 2 rings (SSSR count). The summed E-state index contributed by atoms with van der Waals surface area (Å²) in [7, 11) is 1.34. The first-order valence-corrected chi connectivity index (χ1v) is 8.28. The Hall–Kier alpha value is -2.23. The molecule has 0 aliphatic rings. The SMILES string of the molecule is CCNC(=NCc1ccc(NC(=O)OC)cc1)NCCn1cccc1.I. The largest absolute Gasteiger partial charge is 0.453 e. The Morgan fingerprint density at radius 1 is 1.15 bits per heavy atom. The molecule has 7 nitrogen and oxygen atoms in total. The first-order valence-electron chi connectivity index (χ1n) is 8.28. The van der Waals surface area contributed by atoms with Crippen molar-refractivity contribution in [3.8, 4) is 0 Å². The van der Waals surface area contributed by atoms with E-state index in [2.05, 4.69) is 30.2 Å². The maximum Gasteiger partial charge on any atom is 0.411 e. The number of hydrogen-bond acceptors (Lipinski definition) is 3. The number of hydrogen-bond donors (Lipinski definition) is 3. The second kappa shape index (κ2) is 12.2. The maximum absolute atomic E-state index is 11.2. The topological polar surface area (TPSA) is 79.7 Å². The van der Waals surface area contributed by atoms with Gasteiger partial charge >= 0.3 is 6.09 Å². The van der Waals surface area contributed by atoms with Crippen molar-refractivity contribution in [1.29, 1.82) is 0 Å². The summed E-state index contributed by atoms with van der Waals surface area (Å²) in [6.07, 6.45) is 3.60. The van der Waals surface area contributed by atoms with E-state index in [1.807, 2.05) is 55.7 Å². The van der Waals surface area contributed by atoms with Gasteiger partial charge in [-0.05, 0) is 36.8 Å². The van der Waals surface area contributed by atoms with Crippen LogP contribution in [0.4, 0.5) is 10.5 Å². The van der Waals surface area contributed by atoms with E-state index in [0.717, 1.165) is 31.2 Å². The minimum absolute atomic E-state index is 0. The quantitative estimate of drug-likeness (QED) is 0.330. The number of carbonyl (C=O) groups excluding carboxylic acids is 1.